The van der Waals surface area contributed by atoms with Crippen molar-refractivity contribution in [3.05, 3.63) is 0 Å². The van der Waals surface area contributed by atoms with Gasteiger partial charge in [0.2, 0.25) is 0 Å². The molecule has 0 bridgehead atoms. The topological polar surface area (TPSA) is 32.5 Å². The standard InChI is InChI=1S/C14H31N3/c1-6-8-13(15)14(7-2)17-9-11(3)16(5)12(4)10-17/h11-14H,6-10,15H2,1-5H3. The highest BCUT2D eigenvalue weighted by Gasteiger charge is 2.32. The Morgan fingerprint density at radius 3 is 2.12 bits per heavy atom. The summed E-state index contributed by atoms with van der Waals surface area (Å²) in [5.74, 6) is 0. The van der Waals surface area contributed by atoms with E-state index in [1.54, 1.807) is 0 Å². The van der Waals surface area contributed by atoms with E-state index in [0.717, 1.165) is 19.5 Å². The van der Waals surface area contributed by atoms with Gasteiger partial charge in [0, 0.05) is 37.3 Å². The van der Waals surface area contributed by atoms with Gasteiger partial charge in [-0.15, -0.1) is 0 Å². The van der Waals surface area contributed by atoms with Gasteiger partial charge in [0.15, 0.2) is 0 Å². The molecule has 1 aliphatic rings. The van der Waals surface area contributed by atoms with Crippen molar-refractivity contribution in [3.63, 3.8) is 0 Å². The van der Waals surface area contributed by atoms with Crippen LogP contribution in [-0.4, -0.2) is 54.1 Å². The molecule has 1 fully saturated rings. The lowest BCUT2D eigenvalue weighted by atomic mass is 9.97. The molecule has 1 saturated heterocycles. The van der Waals surface area contributed by atoms with Gasteiger partial charge in [0.05, 0.1) is 0 Å². The van der Waals surface area contributed by atoms with Crippen molar-refractivity contribution in [3.8, 4) is 0 Å². The Morgan fingerprint density at radius 1 is 1.18 bits per heavy atom. The predicted octanol–water partition coefficient (Wildman–Crippen LogP) is 1.92. The van der Waals surface area contributed by atoms with Gasteiger partial charge in [0.1, 0.15) is 0 Å². The number of piperazine rings is 1. The first kappa shape index (κ1) is 14.9. The minimum atomic E-state index is 0.341. The summed E-state index contributed by atoms with van der Waals surface area (Å²) in [6, 6.07) is 2.18. The SMILES string of the molecule is CCCC(N)C(CC)N1CC(C)N(C)C(C)C1. The van der Waals surface area contributed by atoms with E-state index < -0.39 is 0 Å². The molecule has 0 radical (unpaired) electrons. The van der Waals surface area contributed by atoms with E-state index in [1.165, 1.54) is 12.8 Å². The molecule has 102 valence electrons. The van der Waals surface area contributed by atoms with Crippen LogP contribution in [0.1, 0.15) is 47.0 Å². The van der Waals surface area contributed by atoms with Crippen molar-refractivity contribution in [2.24, 2.45) is 5.73 Å². The number of hydrogen-bond donors (Lipinski definition) is 1. The molecule has 0 aromatic heterocycles. The van der Waals surface area contributed by atoms with Crippen LogP contribution in [0.4, 0.5) is 0 Å². The third kappa shape index (κ3) is 3.67. The summed E-state index contributed by atoms with van der Waals surface area (Å²) < 4.78 is 0. The minimum absolute atomic E-state index is 0.341. The summed E-state index contributed by atoms with van der Waals surface area (Å²) in [6.45, 7) is 11.5. The first-order valence-corrected chi connectivity index (χ1v) is 7.22. The lowest BCUT2D eigenvalue weighted by Gasteiger charge is -2.46. The number of likely N-dealkylation sites (N-methyl/N-ethyl adjacent to an activating group) is 1. The average Bonchev–Trinajstić information content (AvgIpc) is 2.27. The molecule has 2 N–H and O–H groups in total. The van der Waals surface area contributed by atoms with Crippen LogP contribution in [0.25, 0.3) is 0 Å². The van der Waals surface area contributed by atoms with Crippen LogP contribution in [-0.2, 0) is 0 Å². The fourth-order valence-electron chi connectivity index (χ4n) is 3.07. The van der Waals surface area contributed by atoms with Gasteiger partial charge < -0.3 is 5.73 Å². The van der Waals surface area contributed by atoms with Crippen LogP contribution in [0.3, 0.4) is 0 Å². The second-order valence-electron chi connectivity index (χ2n) is 5.75. The van der Waals surface area contributed by atoms with Gasteiger partial charge in [-0.05, 0) is 33.7 Å². The van der Waals surface area contributed by atoms with Gasteiger partial charge in [-0.25, -0.2) is 0 Å². The highest BCUT2D eigenvalue weighted by atomic mass is 15.3. The molecule has 4 atom stereocenters. The Bertz CT molecular complexity index is 208. The monoisotopic (exact) mass is 241 g/mol. The van der Waals surface area contributed by atoms with Crippen LogP contribution in [0.2, 0.25) is 0 Å². The summed E-state index contributed by atoms with van der Waals surface area (Å²) in [6.07, 6.45) is 3.51. The summed E-state index contributed by atoms with van der Waals surface area (Å²) in [4.78, 5) is 5.10. The summed E-state index contributed by atoms with van der Waals surface area (Å²) >= 11 is 0. The molecule has 3 heteroatoms. The maximum atomic E-state index is 6.34. The molecule has 0 aliphatic carbocycles. The number of hydrogen-bond acceptors (Lipinski definition) is 3. The molecule has 1 aliphatic heterocycles. The van der Waals surface area contributed by atoms with E-state index in [4.69, 9.17) is 5.73 Å². The third-order valence-corrected chi connectivity index (χ3v) is 4.39. The van der Waals surface area contributed by atoms with Crippen LogP contribution in [0, 0.1) is 0 Å². The molecule has 1 rings (SSSR count). The van der Waals surface area contributed by atoms with Gasteiger partial charge in [-0.1, -0.05) is 20.3 Å². The van der Waals surface area contributed by atoms with Crippen molar-refractivity contribution < 1.29 is 0 Å². The van der Waals surface area contributed by atoms with E-state index in [1.807, 2.05) is 0 Å². The molecule has 0 aromatic rings. The second-order valence-corrected chi connectivity index (χ2v) is 5.75. The molecule has 0 amide bonds. The Balaban J connectivity index is 2.63. The van der Waals surface area contributed by atoms with Crippen molar-refractivity contribution in [2.75, 3.05) is 20.1 Å². The molecule has 0 spiro atoms. The molecular weight excluding hydrogens is 210 g/mol. The molecule has 4 unspecified atom stereocenters. The Hall–Kier alpha value is -0.120. The van der Waals surface area contributed by atoms with Gasteiger partial charge in [-0.2, -0.15) is 0 Å². The normalized spacial score (nSPS) is 31.4. The molecule has 0 saturated carbocycles. The van der Waals surface area contributed by atoms with Crippen LogP contribution < -0.4 is 5.73 Å². The van der Waals surface area contributed by atoms with Gasteiger partial charge >= 0.3 is 0 Å². The summed E-state index contributed by atoms with van der Waals surface area (Å²) in [5.41, 5.74) is 6.34. The second kappa shape index (κ2) is 6.72. The average molecular weight is 241 g/mol. The zero-order valence-electron chi connectivity index (χ0n) is 12.3. The lowest BCUT2D eigenvalue weighted by molar-refractivity contribution is 0.0244. The zero-order chi connectivity index (χ0) is 13.0. The quantitative estimate of drug-likeness (QED) is 0.798. The van der Waals surface area contributed by atoms with Crippen molar-refractivity contribution >= 4 is 0 Å². The Kier molecular flexibility index (Phi) is 5.90. The first-order valence-electron chi connectivity index (χ1n) is 7.22. The summed E-state index contributed by atoms with van der Waals surface area (Å²) in [7, 11) is 2.24. The molecule has 17 heavy (non-hydrogen) atoms. The molecule has 0 aromatic carbocycles. The summed E-state index contributed by atoms with van der Waals surface area (Å²) in [5, 5.41) is 0. The molecular formula is C14H31N3. The number of nitrogens with zero attached hydrogens (tertiary/aromatic N) is 2. The fraction of sp³-hybridized carbons (Fsp3) is 1.00. The third-order valence-electron chi connectivity index (χ3n) is 4.39. The van der Waals surface area contributed by atoms with E-state index in [2.05, 4.69) is 44.5 Å². The Morgan fingerprint density at radius 2 is 1.71 bits per heavy atom. The van der Waals surface area contributed by atoms with E-state index in [9.17, 15) is 0 Å². The van der Waals surface area contributed by atoms with Crippen molar-refractivity contribution in [1.29, 1.82) is 0 Å². The number of rotatable bonds is 5. The lowest BCUT2D eigenvalue weighted by Crippen LogP contribution is -2.60. The van der Waals surface area contributed by atoms with Crippen molar-refractivity contribution in [1.82, 2.24) is 9.80 Å². The maximum Gasteiger partial charge on any atom is 0.0245 e. The van der Waals surface area contributed by atoms with Crippen LogP contribution in [0.5, 0.6) is 0 Å². The van der Waals surface area contributed by atoms with Gasteiger partial charge in [0.25, 0.3) is 0 Å². The van der Waals surface area contributed by atoms with Crippen LogP contribution in [0.15, 0.2) is 0 Å². The minimum Gasteiger partial charge on any atom is -0.326 e. The van der Waals surface area contributed by atoms with Crippen LogP contribution >= 0.6 is 0 Å². The smallest absolute Gasteiger partial charge is 0.0245 e. The predicted molar refractivity (Wildman–Crippen MR) is 75.2 cm³/mol. The Labute approximate surface area is 107 Å². The molecule has 3 nitrogen and oxygen atoms in total. The number of nitrogens with two attached hydrogens (primary N) is 1. The highest BCUT2D eigenvalue weighted by Crippen LogP contribution is 2.20. The van der Waals surface area contributed by atoms with E-state index in [0.29, 0.717) is 24.2 Å². The largest absolute Gasteiger partial charge is 0.326 e. The fourth-order valence-corrected chi connectivity index (χ4v) is 3.07. The zero-order valence-corrected chi connectivity index (χ0v) is 12.3. The highest BCUT2D eigenvalue weighted by molar-refractivity contribution is 4.89. The van der Waals surface area contributed by atoms with E-state index in [-0.39, 0.29) is 0 Å². The molecule has 1 heterocycles. The van der Waals surface area contributed by atoms with Crippen molar-refractivity contribution in [2.45, 2.75) is 71.1 Å². The maximum absolute atomic E-state index is 6.34. The van der Waals surface area contributed by atoms with E-state index >= 15 is 0 Å². The van der Waals surface area contributed by atoms with Gasteiger partial charge in [-0.3, -0.25) is 9.80 Å². The first-order chi connectivity index (χ1) is 8.01.